The van der Waals surface area contributed by atoms with Crippen LogP contribution < -0.4 is 11.0 Å². The molecule has 0 aliphatic heterocycles. The van der Waals surface area contributed by atoms with Crippen LogP contribution >= 0.6 is 0 Å². The largest absolute Gasteiger partial charge is 0.350 e. The second kappa shape index (κ2) is 5.85. The Morgan fingerprint density at radius 1 is 1.41 bits per heavy atom. The summed E-state index contributed by atoms with van der Waals surface area (Å²) in [6, 6.07) is 9.60. The molecule has 0 saturated heterocycles. The van der Waals surface area contributed by atoms with E-state index in [0.29, 0.717) is 12.4 Å². The molecule has 0 radical (unpaired) electrons. The zero-order chi connectivity index (χ0) is 15.5. The van der Waals surface area contributed by atoms with Crippen molar-refractivity contribution in [2.45, 2.75) is 13.3 Å². The summed E-state index contributed by atoms with van der Waals surface area (Å²) < 4.78 is 2.05. The maximum absolute atomic E-state index is 11.5. The predicted molar refractivity (Wildman–Crippen MR) is 88.4 cm³/mol. The van der Waals surface area contributed by atoms with Crippen molar-refractivity contribution in [2.75, 3.05) is 5.43 Å². The van der Waals surface area contributed by atoms with Crippen molar-refractivity contribution < 1.29 is 0 Å². The van der Waals surface area contributed by atoms with Crippen LogP contribution in [0.5, 0.6) is 0 Å². The molecule has 0 aliphatic carbocycles. The van der Waals surface area contributed by atoms with Crippen LogP contribution in [0.1, 0.15) is 18.2 Å². The minimum atomic E-state index is -0.185. The highest BCUT2D eigenvalue weighted by Crippen LogP contribution is 2.18. The number of aryl methyl sites for hydroxylation is 2. The third-order valence-corrected chi connectivity index (χ3v) is 3.46. The highest BCUT2D eigenvalue weighted by Gasteiger charge is 2.03. The van der Waals surface area contributed by atoms with E-state index < -0.39 is 0 Å². The average molecular weight is 295 g/mol. The molecule has 0 bridgehead atoms. The van der Waals surface area contributed by atoms with Gasteiger partial charge in [-0.1, -0.05) is 25.1 Å². The van der Waals surface area contributed by atoms with Crippen molar-refractivity contribution in [3.8, 4) is 0 Å². The first kappa shape index (κ1) is 14.1. The fourth-order valence-electron chi connectivity index (χ4n) is 2.38. The Hall–Kier alpha value is -2.89. The minimum absolute atomic E-state index is 0.185. The molecule has 6 nitrogen and oxygen atoms in total. The molecule has 2 heterocycles. The van der Waals surface area contributed by atoms with Gasteiger partial charge in [-0.15, -0.1) is 0 Å². The van der Waals surface area contributed by atoms with Crippen molar-refractivity contribution >= 4 is 23.1 Å². The number of anilines is 1. The molecule has 112 valence electrons. The van der Waals surface area contributed by atoms with Crippen LogP contribution in [0, 0.1) is 0 Å². The van der Waals surface area contributed by atoms with Crippen molar-refractivity contribution in [1.82, 2.24) is 14.5 Å². The molecule has 0 atom stereocenters. The van der Waals surface area contributed by atoms with E-state index in [1.165, 1.54) is 6.07 Å². The van der Waals surface area contributed by atoms with Crippen LogP contribution in [-0.2, 0) is 13.5 Å². The molecular formula is C16H17N5O. The number of H-pyrrole nitrogens is 1. The normalized spacial score (nSPS) is 11.4. The van der Waals surface area contributed by atoms with E-state index in [2.05, 4.69) is 37.2 Å². The van der Waals surface area contributed by atoms with Gasteiger partial charge in [-0.25, -0.2) is 10.4 Å². The highest BCUT2D eigenvalue weighted by molar-refractivity contribution is 5.99. The van der Waals surface area contributed by atoms with E-state index in [1.807, 2.05) is 32.3 Å². The lowest BCUT2D eigenvalue weighted by atomic mass is 10.2. The number of hydrogen-bond acceptors (Lipinski definition) is 4. The molecule has 0 aliphatic rings. The van der Waals surface area contributed by atoms with Gasteiger partial charge >= 0.3 is 0 Å². The topological polar surface area (TPSA) is 75.1 Å². The molecule has 1 aromatic carbocycles. The summed E-state index contributed by atoms with van der Waals surface area (Å²) in [4.78, 5) is 18.4. The smallest absolute Gasteiger partial charge is 0.252 e. The number of nitrogens with zero attached hydrogens (tertiary/aromatic N) is 3. The zero-order valence-corrected chi connectivity index (χ0v) is 12.5. The first-order chi connectivity index (χ1) is 10.7. The lowest BCUT2D eigenvalue weighted by Gasteiger charge is -2.00. The summed E-state index contributed by atoms with van der Waals surface area (Å²) in [5, 5.41) is 5.30. The number of aromatic amines is 1. The van der Waals surface area contributed by atoms with Gasteiger partial charge in [-0.05, 0) is 12.5 Å². The number of nitrogens with one attached hydrogen (secondary N) is 2. The lowest BCUT2D eigenvalue weighted by Crippen LogP contribution is -2.11. The Bertz CT molecular complexity index is 891. The van der Waals surface area contributed by atoms with Crippen molar-refractivity contribution in [3.63, 3.8) is 0 Å². The molecule has 22 heavy (non-hydrogen) atoms. The Balaban J connectivity index is 1.85. The zero-order valence-electron chi connectivity index (χ0n) is 12.5. The quantitative estimate of drug-likeness (QED) is 0.572. The lowest BCUT2D eigenvalue weighted by molar-refractivity contribution is 0.967. The number of hydrazone groups is 1. The van der Waals surface area contributed by atoms with Gasteiger partial charge in [0.05, 0.1) is 6.21 Å². The maximum Gasteiger partial charge on any atom is 0.252 e. The third kappa shape index (κ3) is 2.76. The Labute approximate surface area is 127 Å². The summed E-state index contributed by atoms with van der Waals surface area (Å²) in [5.74, 6) is 0.348. The van der Waals surface area contributed by atoms with E-state index in [-0.39, 0.29) is 5.56 Å². The number of rotatable bonds is 4. The van der Waals surface area contributed by atoms with E-state index >= 15 is 0 Å². The molecule has 0 unspecified atom stereocenters. The van der Waals surface area contributed by atoms with Crippen LogP contribution in [0.15, 0.2) is 46.4 Å². The molecule has 2 N–H and O–H groups in total. The monoisotopic (exact) mass is 295 g/mol. The fourth-order valence-corrected chi connectivity index (χ4v) is 2.38. The Kier molecular flexibility index (Phi) is 3.74. The second-order valence-corrected chi connectivity index (χ2v) is 5.02. The Morgan fingerprint density at radius 2 is 2.23 bits per heavy atom. The van der Waals surface area contributed by atoms with Crippen molar-refractivity contribution in [3.05, 3.63) is 58.1 Å². The summed E-state index contributed by atoms with van der Waals surface area (Å²) in [7, 11) is 2.00. The number of para-hydroxylation sites is 1. The standard InChI is InChI=1S/C16H17N5O/c1-3-12-8-15(22)19-16(18-12)20-17-9-11-10-21(2)14-7-5-4-6-13(11)14/h4-10H,3H2,1-2H3,(H2,18,19,20,22)/b17-9-. The molecular weight excluding hydrogens is 278 g/mol. The first-order valence-electron chi connectivity index (χ1n) is 7.10. The van der Waals surface area contributed by atoms with Crippen LogP contribution in [0.2, 0.25) is 0 Å². The molecule has 0 amide bonds. The van der Waals surface area contributed by atoms with Gasteiger partial charge < -0.3 is 4.57 Å². The molecule has 3 rings (SSSR count). The van der Waals surface area contributed by atoms with Crippen molar-refractivity contribution in [1.29, 1.82) is 0 Å². The summed E-state index contributed by atoms with van der Waals surface area (Å²) in [6.45, 7) is 1.95. The van der Waals surface area contributed by atoms with Gasteiger partial charge in [-0.3, -0.25) is 9.78 Å². The van der Waals surface area contributed by atoms with E-state index in [9.17, 15) is 4.79 Å². The van der Waals surface area contributed by atoms with Crippen LogP contribution in [0.4, 0.5) is 5.95 Å². The van der Waals surface area contributed by atoms with Gasteiger partial charge in [0.25, 0.3) is 5.56 Å². The number of benzene rings is 1. The van der Waals surface area contributed by atoms with Crippen LogP contribution in [-0.4, -0.2) is 20.7 Å². The molecule has 0 saturated carbocycles. The van der Waals surface area contributed by atoms with Gasteiger partial charge in [-0.2, -0.15) is 5.10 Å². The third-order valence-electron chi connectivity index (χ3n) is 3.46. The molecule has 2 aromatic heterocycles. The molecule has 0 spiro atoms. The predicted octanol–water partition coefficient (Wildman–Crippen LogP) is 2.27. The summed E-state index contributed by atoms with van der Waals surface area (Å²) in [6.07, 6.45) is 4.43. The fraction of sp³-hybridized carbons (Fsp3) is 0.188. The van der Waals surface area contributed by atoms with Gasteiger partial charge in [0, 0.05) is 41.5 Å². The molecule has 0 fully saturated rings. The first-order valence-corrected chi connectivity index (χ1v) is 7.10. The van der Waals surface area contributed by atoms with Crippen molar-refractivity contribution in [2.24, 2.45) is 12.1 Å². The minimum Gasteiger partial charge on any atom is -0.350 e. The second-order valence-electron chi connectivity index (χ2n) is 5.02. The summed E-state index contributed by atoms with van der Waals surface area (Å²) in [5.41, 5.74) is 5.46. The number of aromatic nitrogens is 3. The number of fused-ring (bicyclic) bond motifs is 1. The average Bonchev–Trinajstić information content (AvgIpc) is 2.84. The van der Waals surface area contributed by atoms with Gasteiger partial charge in [0.15, 0.2) is 0 Å². The van der Waals surface area contributed by atoms with Crippen LogP contribution in [0.3, 0.4) is 0 Å². The molecule has 3 aromatic rings. The van der Waals surface area contributed by atoms with E-state index in [4.69, 9.17) is 0 Å². The van der Waals surface area contributed by atoms with E-state index in [0.717, 1.165) is 22.2 Å². The SMILES string of the molecule is CCc1cc(=O)[nH]c(N/N=C\c2cn(C)c3ccccc23)n1. The van der Waals surface area contributed by atoms with Gasteiger partial charge in [0.1, 0.15) is 0 Å². The Morgan fingerprint density at radius 3 is 3.05 bits per heavy atom. The summed E-state index contributed by atoms with van der Waals surface area (Å²) >= 11 is 0. The van der Waals surface area contributed by atoms with Crippen LogP contribution in [0.25, 0.3) is 10.9 Å². The maximum atomic E-state index is 11.5. The van der Waals surface area contributed by atoms with Gasteiger partial charge in [0.2, 0.25) is 5.95 Å². The number of hydrogen-bond donors (Lipinski definition) is 2. The van der Waals surface area contributed by atoms with E-state index in [1.54, 1.807) is 6.21 Å². The highest BCUT2D eigenvalue weighted by atomic mass is 16.1. The molecule has 6 heteroatoms.